The minimum Gasteiger partial charge on any atom is -0.311 e. The van der Waals surface area contributed by atoms with Crippen molar-refractivity contribution in [3.05, 3.63) is 34.1 Å². The summed E-state index contributed by atoms with van der Waals surface area (Å²) >= 11 is 3.28. The first-order valence-electron chi connectivity index (χ1n) is 6.63. The molecule has 0 amide bonds. The van der Waals surface area contributed by atoms with Crippen molar-refractivity contribution in [2.45, 2.75) is 25.8 Å². The quantitative estimate of drug-likeness (QED) is 0.840. The topological polar surface area (TPSA) is 15.3 Å². The van der Waals surface area contributed by atoms with E-state index in [9.17, 15) is 4.39 Å². The molecule has 0 atom stereocenters. The number of nitrogens with one attached hydrogen (secondary N) is 1. The third-order valence-electron chi connectivity index (χ3n) is 3.40. The predicted molar refractivity (Wildman–Crippen MR) is 76.1 cm³/mol. The SMILES string of the molecule is Fc1cccc(CNCCN2CCCCC2)c1Br. The molecule has 0 spiro atoms. The Labute approximate surface area is 117 Å². The van der Waals surface area contributed by atoms with Crippen molar-refractivity contribution in [2.75, 3.05) is 26.2 Å². The molecule has 0 bridgehead atoms. The first kappa shape index (κ1) is 14.0. The molecule has 1 heterocycles. The van der Waals surface area contributed by atoms with Crippen molar-refractivity contribution in [3.63, 3.8) is 0 Å². The fraction of sp³-hybridized carbons (Fsp3) is 0.571. The maximum absolute atomic E-state index is 13.3. The molecule has 2 nitrogen and oxygen atoms in total. The van der Waals surface area contributed by atoms with E-state index >= 15 is 0 Å². The maximum atomic E-state index is 13.3. The van der Waals surface area contributed by atoms with E-state index in [1.807, 2.05) is 6.07 Å². The molecule has 1 saturated heterocycles. The molecule has 18 heavy (non-hydrogen) atoms. The zero-order valence-electron chi connectivity index (χ0n) is 10.6. The largest absolute Gasteiger partial charge is 0.311 e. The van der Waals surface area contributed by atoms with Gasteiger partial charge in [-0.1, -0.05) is 18.6 Å². The Morgan fingerprint density at radius 2 is 2.00 bits per heavy atom. The van der Waals surface area contributed by atoms with Crippen molar-refractivity contribution >= 4 is 15.9 Å². The van der Waals surface area contributed by atoms with Gasteiger partial charge in [-0.05, 0) is 53.5 Å². The van der Waals surface area contributed by atoms with E-state index in [1.54, 1.807) is 6.07 Å². The van der Waals surface area contributed by atoms with Crippen molar-refractivity contribution in [1.82, 2.24) is 10.2 Å². The molecule has 0 aromatic heterocycles. The Morgan fingerprint density at radius 3 is 2.78 bits per heavy atom. The minimum absolute atomic E-state index is 0.190. The Balaban J connectivity index is 1.70. The summed E-state index contributed by atoms with van der Waals surface area (Å²) in [6.07, 6.45) is 4.03. The molecule has 2 rings (SSSR count). The van der Waals surface area contributed by atoms with Crippen LogP contribution in [0.1, 0.15) is 24.8 Å². The van der Waals surface area contributed by atoms with Gasteiger partial charge in [0.15, 0.2) is 0 Å². The van der Waals surface area contributed by atoms with E-state index in [0.29, 0.717) is 11.0 Å². The standard InChI is InChI=1S/C14H20BrFN2/c15-14-12(5-4-6-13(14)16)11-17-7-10-18-8-2-1-3-9-18/h4-6,17H,1-3,7-11H2. The molecule has 1 N–H and O–H groups in total. The Morgan fingerprint density at radius 1 is 1.22 bits per heavy atom. The van der Waals surface area contributed by atoms with Crippen LogP contribution in [0.2, 0.25) is 0 Å². The van der Waals surface area contributed by atoms with Gasteiger partial charge in [0.05, 0.1) is 4.47 Å². The van der Waals surface area contributed by atoms with Gasteiger partial charge in [0.25, 0.3) is 0 Å². The lowest BCUT2D eigenvalue weighted by molar-refractivity contribution is 0.229. The molecule has 1 aromatic rings. The Kier molecular flexibility index (Phi) is 5.60. The molecular weight excluding hydrogens is 295 g/mol. The van der Waals surface area contributed by atoms with Gasteiger partial charge in [-0.2, -0.15) is 0 Å². The summed E-state index contributed by atoms with van der Waals surface area (Å²) in [7, 11) is 0. The monoisotopic (exact) mass is 314 g/mol. The lowest BCUT2D eigenvalue weighted by Gasteiger charge is -2.26. The summed E-state index contributed by atoms with van der Waals surface area (Å²) in [6, 6.07) is 5.17. The van der Waals surface area contributed by atoms with Gasteiger partial charge in [-0.25, -0.2) is 4.39 Å². The van der Waals surface area contributed by atoms with Crippen LogP contribution in [0.3, 0.4) is 0 Å². The third kappa shape index (κ3) is 4.04. The molecule has 100 valence electrons. The number of likely N-dealkylation sites (tertiary alicyclic amines) is 1. The molecule has 1 fully saturated rings. The zero-order chi connectivity index (χ0) is 12.8. The summed E-state index contributed by atoms with van der Waals surface area (Å²) in [5.41, 5.74) is 0.980. The van der Waals surface area contributed by atoms with Gasteiger partial charge >= 0.3 is 0 Å². The smallest absolute Gasteiger partial charge is 0.137 e. The van der Waals surface area contributed by atoms with E-state index in [1.165, 1.54) is 38.4 Å². The average molecular weight is 315 g/mol. The summed E-state index contributed by atoms with van der Waals surface area (Å²) in [5, 5.41) is 3.38. The van der Waals surface area contributed by atoms with Gasteiger partial charge in [0, 0.05) is 19.6 Å². The second kappa shape index (κ2) is 7.22. The van der Waals surface area contributed by atoms with Crippen LogP contribution in [0.25, 0.3) is 0 Å². The number of piperidine rings is 1. The summed E-state index contributed by atoms with van der Waals surface area (Å²) in [4.78, 5) is 2.50. The van der Waals surface area contributed by atoms with Crippen LogP contribution in [0.5, 0.6) is 0 Å². The average Bonchev–Trinajstić information content (AvgIpc) is 2.40. The van der Waals surface area contributed by atoms with Crippen LogP contribution < -0.4 is 5.32 Å². The summed E-state index contributed by atoms with van der Waals surface area (Å²) in [6.45, 7) is 5.22. The highest BCUT2D eigenvalue weighted by Gasteiger charge is 2.09. The number of nitrogens with zero attached hydrogens (tertiary/aromatic N) is 1. The lowest BCUT2D eigenvalue weighted by atomic mass is 10.1. The number of halogens is 2. The number of hydrogen-bond donors (Lipinski definition) is 1. The molecule has 0 unspecified atom stereocenters. The fourth-order valence-corrected chi connectivity index (χ4v) is 2.73. The Hall–Kier alpha value is -0.450. The highest BCUT2D eigenvalue weighted by molar-refractivity contribution is 9.10. The molecule has 4 heteroatoms. The Bertz CT molecular complexity index is 378. The first-order chi connectivity index (χ1) is 8.77. The van der Waals surface area contributed by atoms with Gasteiger partial charge in [0.1, 0.15) is 5.82 Å². The normalized spacial score (nSPS) is 17.0. The molecule has 1 aliphatic rings. The van der Waals surface area contributed by atoms with Crippen LogP contribution in [0.4, 0.5) is 4.39 Å². The summed E-state index contributed by atoms with van der Waals surface area (Å²) in [5.74, 6) is -0.190. The van der Waals surface area contributed by atoms with Gasteiger partial charge in [-0.3, -0.25) is 0 Å². The zero-order valence-corrected chi connectivity index (χ0v) is 12.2. The van der Waals surface area contributed by atoms with E-state index < -0.39 is 0 Å². The van der Waals surface area contributed by atoms with Crippen LogP contribution in [-0.2, 0) is 6.54 Å². The van der Waals surface area contributed by atoms with Gasteiger partial charge in [0.2, 0.25) is 0 Å². The third-order valence-corrected chi connectivity index (χ3v) is 4.29. The van der Waals surface area contributed by atoms with Crippen molar-refractivity contribution in [2.24, 2.45) is 0 Å². The van der Waals surface area contributed by atoms with Crippen molar-refractivity contribution < 1.29 is 4.39 Å². The molecule has 0 aliphatic carbocycles. The molecule has 0 radical (unpaired) electrons. The van der Waals surface area contributed by atoms with E-state index in [4.69, 9.17) is 0 Å². The van der Waals surface area contributed by atoms with Crippen LogP contribution in [0.15, 0.2) is 22.7 Å². The van der Waals surface area contributed by atoms with Crippen LogP contribution >= 0.6 is 15.9 Å². The van der Waals surface area contributed by atoms with E-state index in [0.717, 1.165) is 18.7 Å². The molecule has 1 aliphatic heterocycles. The van der Waals surface area contributed by atoms with Crippen molar-refractivity contribution in [1.29, 1.82) is 0 Å². The van der Waals surface area contributed by atoms with Gasteiger partial charge in [-0.15, -0.1) is 0 Å². The number of rotatable bonds is 5. The summed E-state index contributed by atoms with van der Waals surface area (Å²) < 4.78 is 13.9. The highest BCUT2D eigenvalue weighted by Crippen LogP contribution is 2.19. The second-order valence-electron chi connectivity index (χ2n) is 4.79. The molecule has 0 saturated carbocycles. The fourth-order valence-electron chi connectivity index (χ4n) is 2.33. The number of benzene rings is 1. The first-order valence-corrected chi connectivity index (χ1v) is 7.42. The van der Waals surface area contributed by atoms with Gasteiger partial charge < -0.3 is 10.2 Å². The highest BCUT2D eigenvalue weighted by atomic mass is 79.9. The maximum Gasteiger partial charge on any atom is 0.137 e. The van der Waals surface area contributed by atoms with E-state index in [-0.39, 0.29) is 5.82 Å². The van der Waals surface area contributed by atoms with Crippen LogP contribution in [-0.4, -0.2) is 31.1 Å². The predicted octanol–water partition coefficient (Wildman–Crippen LogP) is 3.16. The molecular formula is C14H20BrFN2. The minimum atomic E-state index is -0.190. The van der Waals surface area contributed by atoms with Crippen molar-refractivity contribution in [3.8, 4) is 0 Å². The lowest BCUT2D eigenvalue weighted by Crippen LogP contribution is -2.35. The van der Waals surface area contributed by atoms with Crippen LogP contribution in [0, 0.1) is 5.82 Å². The number of hydrogen-bond acceptors (Lipinski definition) is 2. The molecule has 1 aromatic carbocycles. The van der Waals surface area contributed by atoms with E-state index in [2.05, 4.69) is 26.1 Å². The second-order valence-corrected chi connectivity index (χ2v) is 5.59.